The van der Waals surface area contributed by atoms with E-state index < -0.39 is 14.8 Å². The van der Waals surface area contributed by atoms with E-state index in [1.165, 1.54) is 18.2 Å². The number of sulfone groups is 1. The van der Waals surface area contributed by atoms with Crippen LogP contribution in [0.5, 0.6) is 0 Å². The molecule has 1 aliphatic heterocycles. The minimum absolute atomic E-state index is 0.00496. The molecule has 1 saturated heterocycles. The van der Waals surface area contributed by atoms with Crippen LogP contribution in [0.15, 0.2) is 18.2 Å². The van der Waals surface area contributed by atoms with Gasteiger partial charge in [-0.2, -0.15) is 0 Å². The van der Waals surface area contributed by atoms with Gasteiger partial charge in [-0.15, -0.1) is 0 Å². The Bertz CT molecular complexity index is 618. The van der Waals surface area contributed by atoms with Crippen molar-refractivity contribution in [3.05, 3.63) is 38.9 Å². The van der Waals surface area contributed by atoms with E-state index >= 15 is 0 Å². The van der Waals surface area contributed by atoms with Crippen LogP contribution < -0.4 is 5.32 Å². The summed E-state index contributed by atoms with van der Waals surface area (Å²) in [4.78, 5) is 10.2. The summed E-state index contributed by atoms with van der Waals surface area (Å²) in [6.07, 6.45) is 0.665. The van der Waals surface area contributed by atoms with E-state index in [0.717, 1.165) is 0 Å². The van der Waals surface area contributed by atoms with E-state index in [9.17, 15) is 18.5 Å². The standard InChI is InChI=1S/C12H15ClN2O4S/c13-12-2-1-11(15(16)17)5-10(12)7-14-6-9-3-4-20(18,19)8-9/h1-2,5,9,14H,3-4,6-8H2. The predicted molar refractivity (Wildman–Crippen MR) is 76.6 cm³/mol. The van der Waals surface area contributed by atoms with E-state index in [-0.39, 0.29) is 23.1 Å². The molecule has 0 spiro atoms. The van der Waals surface area contributed by atoms with E-state index in [4.69, 9.17) is 11.6 Å². The van der Waals surface area contributed by atoms with Gasteiger partial charge in [-0.05, 0) is 30.5 Å². The van der Waals surface area contributed by atoms with Gasteiger partial charge < -0.3 is 5.32 Å². The average Bonchev–Trinajstić information content (AvgIpc) is 2.71. The van der Waals surface area contributed by atoms with Crippen molar-refractivity contribution in [2.75, 3.05) is 18.1 Å². The number of nitrogens with zero attached hydrogens (tertiary/aromatic N) is 1. The van der Waals surface area contributed by atoms with Crippen LogP contribution in [-0.4, -0.2) is 31.4 Å². The third kappa shape index (κ3) is 3.91. The summed E-state index contributed by atoms with van der Waals surface area (Å²) in [5.41, 5.74) is 0.636. The lowest BCUT2D eigenvalue weighted by atomic mass is 10.1. The molecule has 1 aromatic rings. The highest BCUT2D eigenvalue weighted by atomic mass is 35.5. The first-order valence-electron chi connectivity index (χ1n) is 6.21. The number of halogens is 1. The molecule has 1 atom stereocenters. The number of nitrogens with one attached hydrogen (secondary N) is 1. The Hall–Kier alpha value is -1.18. The SMILES string of the molecule is O=[N+]([O-])c1ccc(Cl)c(CNCC2CCS(=O)(=O)C2)c1. The summed E-state index contributed by atoms with van der Waals surface area (Å²) >= 11 is 5.98. The van der Waals surface area contributed by atoms with E-state index in [1.807, 2.05) is 0 Å². The fourth-order valence-electron chi connectivity index (χ4n) is 2.25. The van der Waals surface area contributed by atoms with Crippen molar-refractivity contribution in [2.24, 2.45) is 5.92 Å². The fourth-order valence-corrected chi connectivity index (χ4v) is 4.30. The summed E-state index contributed by atoms with van der Waals surface area (Å²) in [6, 6.07) is 4.28. The second kappa shape index (κ2) is 6.07. The number of hydrogen-bond donors (Lipinski definition) is 1. The summed E-state index contributed by atoms with van der Waals surface area (Å²) in [6.45, 7) is 0.954. The molecule has 0 saturated carbocycles. The van der Waals surface area contributed by atoms with Gasteiger partial charge >= 0.3 is 0 Å². The Morgan fingerprint density at radius 1 is 1.45 bits per heavy atom. The van der Waals surface area contributed by atoms with Crippen molar-refractivity contribution in [3.63, 3.8) is 0 Å². The number of non-ortho nitro benzene ring substituents is 1. The predicted octanol–water partition coefficient (Wildman–Crippen LogP) is 1.77. The Kier molecular flexibility index (Phi) is 4.62. The molecule has 0 aliphatic carbocycles. The topological polar surface area (TPSA) is 89.3 Å². The van der Waals surface area contributed by atoms with Gasteiger partial charge in [-0.1, -0.05) is 11.6 Å². The maximum absolute atomic E-state index is 11.3. The van der Waals surface area contributed by atoms with Crippen LogP contribution >= 0.6 is 11.6 Å². The number of nitro benzene ring substituents is 1. The Labute approximate surface area is 122 Å². The lowest BCUT2D eigenvalue weighted by molar-refractivity contribution is -0.384. The summed E-state index contributed by atoms with van der Waals surface area (Å²) < 4.78 is 22.6. The molecule has 1 fully saturated rings. The maximum Gasteiger partial charge on any atom is 0.269 e. The number of hydrogen-bond acceptors (Lipinski definition) is 5. The zero-order valence-corrected chi connectivity index (χ0v) is 12.3. The van der Waals surface area contributed by atoms with Crippen molar-refractivity contribution in [1.29, 1.82) is 0 Å². The van der Waals surface area contributed by atoms with Crippen LogP contribution in [0.25, 0.3) is 0 Å². The largest absolute Gasteiger partial charge is 0.312 e. The molecule has 1 aromatic carbocycles. The fraction of sp³-hybridized carbons (Fsp3) is 0.500. The second-order valence-corrected chi connectivity index (χ2v) is 7.57. The maximum atomic E-state index is 11.3. The number of benzene rings is 1. The van der Waals surface area contributed by atoms with Crippen LogP contribution in [0.2, 0.25) is 5.02 Å². The molecule has 0 bridgehead atoms. The van der Waals surface area contributed by atoms with Crippen LogP contribution in [0.3, 0.4) is 0 Å². The van der Waals surface area contributed by atoms with Gasteiger partial charge in [0.15, 0.2) is 9.84 Å². The van der Waals surface area contributed by atoms with Crippen LogP contribution in [0.1, 0.15) is 12.0 Å². The van der Waals surface area contributed by atoms with Crippen LogP contribution in [0.4, 0.5) is 5.69 Å². The molecule has 8 heteroatoms. The van der Waals surface area contributed by atoms with Gasteiger partial charge in [0.1, 0.15) is 0 Å². The van der Waals surface area contributed by atoms with Crippen molar-refractivity contribution in [2.45, 2.75) is 13.0 Å². The van der Waals surface area contributed by atoms with E-state index in [1.54, 1.807) is 0 Å². The number of rotatable bonds is 5. The molecule has 6 nitrogen and oxygen atoms in total. The van der Waals surface area contributed by atoms with Crippen LogP contribution in [-0.2, 0) is 16.4 Å². The van der Waals surface area contributed by atoms with Gasteiger partial charge in [0.25, 0.3) is 5.69 Å². The van der Waals surface area contributed by atoms with Gasteiger partial charge in [-0.25, -0.2) is 8.42 Å². The van der Waals surface area contributed by atoms with Crippen molar-refractivity contribution in [1.82, 2.24) is 5.32 Å². The third-order valence-electron chi connectivity index (χ3n) is 3.32. The second-order valence-electron chi connectivity index (χ2n) is 4.93. The quantitative estimate of drug-likeness (QED) is 0.660. The lowest BCUT2D eigenvalue weighted by Gasteiger charge is -2.10. The Morgan fingerprint density at radius 2 is 2.20 bits per heavy atom. The molecule has 1 unspecified atom stereocenters. The molecule has 1 N–H and O–H groups in total. The normalized spacial score (nSPS) is 20.9. The van der Waals surface area contributed by atoms with E-state index in [0.29, 0.717) is 30.1 Å². The monoisotopic (exact) mass is 318 g/mol. The van der Waals surface area contributed by atoms with Crippen molar-refractivity contribution in [3.8, 4) is 0 Å². The first kappa shape index (κ1) is 15.2. The molecule has 20 heavy (non-hydrogen) atoms. The number of nitro groups is 1. The van der Waals surface area contributed by atoms with Gasteiger partial charge in [0.2, 0.25) is 0 Å². The molecular formula is C12H15ClN2O4S. The molecule has 0 aromatic heterocycles. The van der Waals surface area contributed by atoms with Gasteiger partial charge in [0.05, 0.1) is 16.4 Å². The molecule has 110 valence electrons. The highest BCUT2D eigenvalue weighted by Crippen LogP contribution is 2.22. The smallest absolute Gasteiger partial charge is 0.269 e. The zero-order valence-electron chi connectivity index (χ0n) is 10.7. The molecule has 0 amide bonds. The molecule has 1 heterocycles. The lowest BCUT2D eigenvalue weighted by Crippen LogP contribution is -2.23. The molecule has 0 radical (unpaired) electrons. The van der Waals surface area contributed by atoms with Gasteiger partial charge in [0, 0.05) is 23.7 Å². The summed E-state index contributed by atoms with van der Waals surface area (Å²) in [5, 5.41) is 14.3. The summed E-state index contributed by atoms with van der Waals surface area (Å²) in [7, 11) is -2.87. The molecule has 2 rings (SSSR count). The molecular weight excluding hydrogens is 304 g/mol. The first-order chi connectivity index (χ1) is 9.37. The minimum Gasteiger partial charge on any atom is -0.312 e. The Morgan fingerprint density at radius 3 is 2.80 bits per heavy atom. The first-order valence-corrected chi connectivity index (χ1v) is 8.41. The Balaban J connectivity index is 1.91. The third-order valence-corrected chi connectivity index (χ3v) is 5.52. The van der Waals surface area contributed by atoms with Crippen molar-refractivity contribution < 1.29 is 13.3 Å². The molecule has 1 aliphatic rings. The summed E-state index contributed by atoms with van der Waals surface area (Å²) in [5.74, 6) is 0.567. The highest BCUT2D eigenvalue weighted by molar-refractivity contribution is 7.91. The minimum atomic E-state index is -2.87. The van der Waals surface area contributed by atoms with Crippen molar-refractivity contribution >= 4 is 27.1 Å². The van der Waals surface area contributed by atoms with Crippen LogP contribution in [0, 0.1) is 16.0 Å². The zero-order chi connectivity index (χ0) is 14.8. The van der Waals surface area contributed by atoms with E-state index in [2.05, 4.69) is 5.32 Å². The highest BCUT2D eigenvalue weighted by Gasteiger charge is 2.27. The van der Waals surface area contributed by atoms with Gasteiger partial charge in [-0.3, -0.25) is 10.1 Å². The average molecular weight is 319 g/mol.